The summed E-state index contributed by atoms with van der Waals surface area (Å²) in [5.74, 6) is -2.84. The molecule has 8 nitrogen and oxygen atoms in total. The van der Waals surface area contributed by atoms with E-state index in [1.54, 1.807) is 42.2 Å². The van der Waals surface area contributed by atoms with Gasteiger partial charge >= 0.3 is 0 Å². The highest BCUT2D eigenvalue weighted by atomic mass is 35.5. The number of halogens is 3. The van der Waals surface area contributed by atoms with E-state index in [0.717, 1.165) is 0 Å². The first-order valence-electron chi connectivity index (χ1n) is 12.3. The number of H-pyrrole nitrogens is 2. The number of aliphatic hydroxyl groups excluding tert-OH is 1. The van der Waals surface area contributed by atoms with Crippen LogP contribution in [-0.2, 0) is 10.7 Å². The quantitative estimate of drug-likeness (QED) is 0.262. The minimum atomic E-state index is -3.07. The number of ether oxygens (including phenoxy) is 1. The summed E-state index contributed by atoms with van der Waals surface area (Å²) < 4.78 is 35.7. The van der Waals surface area contributed by atoms with E-state index in [1.165, 1.54) is 18.3 Å². The summed E-state index contributed by atoms with van der Waals surface area (Å²) in [6.45, 7) is 3.23. The molecule has 2 aromatic carbocycles. The number of aromatic amines is 2. The van der Waals surface area contributed by atoms with Gasteiger partial charge in [-0.1, -0.05) is 23.7 Å². The van der Waals surface area contributed by atoms with Crippen LogP contribution in [0.2, 0.25) is 5.02 Å². The summed E-state index contributed by atoms with van der Waals surface area (Å²) >= 11 is 6.03. The van der Waals surface area contributed by atoms with E-state index >= 15 is 8.78 Å². The molecule has 0 radical (unpaired) electrons. The van der Waals surface area contributed by atoms with E-state index in [1.807, 2.05) is 0 Å². The zero-order chi connectivity index (χ0) is 26.9. The third kappa shape index (κ3) is 5.58. The van der Waals surface area contributed by atoms with Crippen molar-refractivity contribution in [3.05, 3.63) is 80.7 Å². The molecule has 4 aromatic rings. The van der Waals surface area contributed by atoms with E-state index in [4.69, 9.17) is 16.3 Å². The van der Waals surface area contributed by atoms with Gasteiger partial charge in [0, 0.05) is 36.4 Å². The van der Waals surface area contributed by atoms with Crippen molar-refractivity contribution in [3.8, 4) is 11.4 Å². The van der Waals surface area contributed by atoms with Gasteiger partial charge in [-0.25, -0.2) is 4.98 Å². The summed E-state index contributed by atoms with van der Waals surface area (Å²) in [7, 11) is 0. The standard InChI is InChI=1S/C27H28ClF2N5O3/c1-16-11-18(27(29,30)15-35-7-9-38-10-8-35)13-21-24(16)34-25(33-21)23-20(5-6-31-26(23)37)32-14-22(36)17-3-2-4-19(28)12-17/h2-6,11-13,22,36H,7-10,14-15H2,1H3,(H,33,34)(H2,31,32,37)/t22-/m1/s1. The third-order valence-electron chi connectivity index (χ3n) is 6.64. The van der Waals surface area contributed by atoms with Crippen LogP contribution in [0.25, 0.3) is 22.4 Å². The molecule has 0 saturated carbocycles. The van der Waals surface area contributed by atoms with Crippen LogP contribution in [0.5, 0.6) is 0 Å². The monoisotopic (exact) mass is 543 g/mol. The van der Waals surface area contributed by atoms with Crippen molar-refractivity contribution >= 4 is 28.3 Å². The van der Waals surface area contributed by atoms with Crippen LogP contribution in [0.15, 0.2) is 53.5 Å². The molecule has 4 N–H and O–H groups in total. The van der Waals surface area contributed by atoms with Crippen LogP contribution < -0.4 is 10.9 Å². The van der Waals surface area contributed by atoms with Gasteiger partial charge < -0.3 is 25.1 Å². The number of fused-ring (bicyclic) bond motifs is 1. The SMILES string of the molecule is Cc1cc(C(F)(F)CN2CCOCC2)cc2[nH]c(-c3c(NC[C@@H](O)c4cccc(Cl)c4)cc[nH]c3=O)nc12. The van der Waals surface area contributed by atoms with Crippen LogP contribution in [-0.4, -0.2) is 64.4 Å². The summed E-state index contributed by atoms with van der Waals surface area (Å²) in [5, 5.41) is 14.2. The number of hydrogen-bond donors (Lipinski definition) is 4. The maximum absolute atomic E-state index is 15.2. The maximum atomic E-state index is 15.2. The van der Waals surface area contributed by atoms with Gasteiger partial charge in [-0.2, -0.15) is 8.78 Å². The number of benzene rings is 2. The van der Waals surface area contributed by atoms with E-state index in [-0.39, 0.29) is 23.5 Å². The molecule has 0 aliphatic carbocycles. The number of imidazole rings is 1. The number of aromatic nitrogens is 3. The molecule has 1 saturated heterocycles. The summed E-state index contributed by atoms with van der Waals surface area (Å²) in [6.07, 6.45) is 0.605. The van der Waals surface area contributed by atoms with Gasteiger partial charge in [0.25, 0.3) is 11.5 Å². The van der Waals surface area contributed by atoms with Crippen LogP contribution in [0.4, 0.5) is 14.5 Å². The van der Waals surface area contributed by atoms with Gasteiger partial charge in [0.1, 0.15) is 11.4 Å². The van der Waals surface area contributed by atoms with Gasteiger partial charge in [0.05, 0.1) is 42.6 Å². The molecular weight excluding hydrogens is 516 g/mol. The molecule has 200 valence electrons. The lowest BCUT2D eigenvalue weighted by molar-refractivity contribution is -0.0616. The normalized spacial score (nSPS) is 15.6. The molecule has 0 unspecified atom stereocenters. The molecule has 1 fully saturated rings. The molecule has 1 aliphatic heterocycles. The van der Waals surface area contributed by atoms with Crippen LogP contribution >= 0.6 is 11.6 Å². The molecule has 2 aromatic heterocycles. The van der Waals surface area contributed by atoms with Gasteiger partial charge in [0.15, 0.2) is 0 Å². The number of aliphatic hydroxyl groups is 1. The second kappa shape index (κ2) is 10.8. The van der Waals surface area contributed by atoms with Gasteiger partial charge in [-0.05, 0) is 48.4 Å². The maximum Gasteiger partial charge on any atom is 0.285 e. The number of aryl methyl sites for hydroxylation is 1. The Kier molecular flexibility index (Phi) is 7.49. The van der Waals surface area contributed by atoms with Crippen LogP contribution in [0.1, 0.15) is 22.8 Å². The number of nitrogens with one attached hydrogen (secondary N) is 3. The third-order valence-corrected chi connectivity index (χ3v) is 6.88. The minimum absolute atomic E-state index is 0.105. The van der Waals surface area contributed by atoms with Crippen molar-refractivity contribution in [2.45, 2.75) is 19.0 Å². The van der Waals surface area contributed by atoms with Crippen molar-refractivity contribution in [2.75, 3.05) is 44.7 Å². The zero-order valence-corrected chi connectivity index (χ0v) is 21.5. The molecule has 5 rings (SSSR count). The fourth-order valence-corrected chi connectivity index (χ4v) is 4.85. The number of anilines is 1. The number of alkyl halides is 2. The van der Waals surface area contributed by atoms with Crippen molar-refractivity contribution in [1.82, 2.24) is 19.9 Å². The second-order valence-corrected chi connectivity index (χ2v) is 9.85. The highest BCUT2D eigenvalue weighted by molar-refractivity contribution is 6.30. The lowest BCUT2D eigenvalue weighted by atomic mass is 10.0. The highest BCUT2D eigenvalue weighted by Gasteiger charge is 2.35. The Labute approximate surface area is 222 Å². The zero-order valence-electron chi connectivity index (χ0n) is 20.7. The first-order valence-corrected chi connectivity index (χ1v) is 12.7. The number of rotatable bonds is 8. The number of hydrogen-bond acceptors (Lipinski definition) is 6. The lowest BCUT2D eigenvalue weighted by Gasteiger charge is -2.30. The Morgan fingerprint density at radius 3 is 2.79 bits per heavy atom. The minimum Gasteiger partial charge on any atom is -0.387 e. The molecule has 1 aliphatic rings. The fourth-order valence-electron chi connectivity index (χ4n) is 4.65. The lowest BCUT2D eigenvalue weighted by Crippen LogP contribution is -2.42. The first kappa shape index (κ1) is 26.3. The van der Waals surface area contributed by atoms with Crippen molar-refractivity contribution in [2.24, 2.45) is 0 Å². The second-order valence-electron chi connectivity index (χ2n) is 9.41. The Bertz CT molecular complexity index is 1500. The summed E-state index contributed by atoms with van der Waals surface area (Å²) in [6, 6.07) is 11.4. The largest absolute Gasteiger partial charge is 0.387 e. The Morgan fingerprint density at radius 2 is 2.03 bits per heavy atom. The van der Waals surface area contributed by atoms with Crippen LogP contribution in [0, 0.1) is 6.92 Å². The average Bonchev–Trinajstić information content (AvgIpc) is 3.32. The molecule has 11 heteroatoms. The van der Waals surface area contributed by atoms with Crippen molar-refractivity contribution in [3.63, 3.8) is 0 Å². The number of morpholine rings is 1. The topological polar surface area (TPSA) is 106 Å². The molecule has 0 bridgehead atoms. The van der Waals surface area contributed by atoms with Gasteiger partial charge in [-0.15, -0.1) is 0 Å². The summed E-state index contributed by atoms with van der Waals surface area (Å²) in [5.41, 5.74) is 2.22. The predicted molar refractivity (Wildman–Crippen MR) is 143 cm³/mol. The highest BCUT2D eigenvalue weighted by Crippen LogP contribution is 2.34. The fraction of sp³-hybridized carbons (Fsp3) is 0.333. The van der Waals surface area contributed by atoms with E-state index in [9.17, 15) is 9.90 Å². The number of pyridine rings is 1. The van der Waals surface area contributed by atoms with E-state index in [2.05, 4.69) is 20.3 Å². The molecule has 38 heavy (non-hydrogen) atoms. The average molecular weight is 544 g/mol. The summed E-state index contributed by atoms with van der Waals surface area (Å²) in [4.78, 5) is 24.8. The van der Waals surface area contributed by atoms with E-state index in [0.29, 0.717) is 59.2 Å². The Balaban J connectivity index is 1.43. The molecule has 0 spiro atoms. The van der Waals surface area contributed by atoms with Gasteiger partial charge in [0.2, 0.25) is 0 Å². The van der Waals surface area contributed by atoms with Crippen molar-refractivity contribution < 1.29 is 18.6 Å². The predicted octanol–water partition coefficient (Wildman–Crippen LogP) is 4.45. The Morgan fingerprint density at radius 1 is 1.24 bits per heavy atom. The van der Waals surface area contributed by atoms with Gasteiger partial charge in [-0.3, -0.25) is 9.69 Å². The molecule has 3 heterocycles. The Hall–Kier alpha value is -3.31. The first-order chi connectivity index (χ1) is 18.2. The molecule has 0 amide bonds. The van der Waals surface area contributed by atoms with E-state index < -0.39 is 24.1 Å². The smallest absolute Gasteiger partial charge is 0.285 e. The van der Waals surface area contributed by atoms with Crippen LogP contribution in [0.3, 0.4) is 0 Å². The van der Waals surface area contributed by atoms with Crippen molar-refractivity contribution in [1.29, 1.82) is 0 Å². The molecule has 1 atom stereocenters. The molecular formula is C27H28ClF2N5O3. The number of nitrogens with zero attached hydrogens (tertiary/aromatic N) is 2.